The molecule has 1 aromatic heterocycles. The van der Waals surface area contributed by atoms with Gasteiger partial charge in [-0.05, 0) is 57.7 Å². The van der Waals surface area contributed by atoms with E-state index in [0.29, 0.717) is 5.16 Å². The van der Waals surface area contributed by atoms with E-state index in [0.717, 1.165) is 16.9 Å². The van der Waals surface area contributed by atoms with E-state index >= 15 is 0 Å². The van der Waals surface area contributed by atoms with Crippen LogP contribution in [0, 0.1) is 20.8 Å². The van der Waals surface area contributed by atoms with Crippen LogP contribution in [0.2, 0.25) is 0 Å². The first kappa shape index (κ1) is 17.5. The number of benzene rings is 2. The third-order valence-corrected chi connectivity index (χ3v) is 5.40. The third-order valence-electron chi connectivity index (χ3n) is 4.26. The van der Waals surface area contributed by atoms with Gasteiger partial charge in [-0.3, -0.25) is 9.36 Å². The molecule has 0 atom stereocenters. The lowest BCUT2D eigenvalue weighted by Gasteiger charge is -2.19. The molecule has 0 aliphatic heterocycles. The number of aromatic nitrogens is 3. The lowest BCUT2D eigenvalue weighted by molar-refractivity contribution is -0.138. The summed E-state index contributed by atoms with van der Waals surface area (Å²) in [5.74, 6) is -0.148. The van der Waals surface area contributed by atoms with E-state index in [1.165, 1.54) is 28.3 Å². The highest BCUT2D eigenvalue weighted by molar-refractivity contribution is 8.01. The Morgan fingerprint density at radius 2 is 1.80 bits per heavy atom. The number of thioether (sulfide) groups is 1. The van der Waals surface area contributed by atoms with Gasteiger partial charge in [0.05, 0.1) is 5.69 Å². The van der Waals surface area contributed by atoms with Gasteiger partial charge >= 0.3 is 5.97 Å². The van der Waals surface area contributed by atoms with Crippen LogP contribution in [0.3, 0.4) is 0 Å². The molecule has 3 aromatic rings. The molecule has 0 saturated carbocycles. The minimum Gasteiger partial charge on any atom is -0.480 e. The number of fused-ring (bicyclic) bond motifs is 1. The van der Waals surface area contributed by atoms with E-state index in [1.54, 1.807) is 13.8 Å². The van der Waals surface area contributed by atoms with Crippen LogP contribution in [0.25, 0.3) is 16.5 Å². The van der Waals surface area contributed by atoms with Crippen LogP contribution in [0.4, 0.5) is 0 Å². The van der Waals surface area contributed by atoms with Gasteiger partial charge in [0, 0.05) is 5.39 Å². The van der Waals surface area contributed by atoms with Crippen LogP contribution < -0.4 is 0 Å². The van der Waals surface area contributed by atoms with Gasteiger partial charge in [0.2, 0.25) is 0 Å². The number of aliphatic carboxylic acids is 1. The number of aryl methyl sites for hydroxylation is 3. The molecular weight excluding hydrogens is 334 g/mol. The van der Waals surface area contributed by atoms with Crippen molar-refractivity contribution in [1.82, 2.24) is 14.8 Å². The third kappa shape index (κ3) is 3.14. The largest absolute Gasteiger partial charge is 0.480 e. The maximum Gasteiger partial charge on any atom is 0.319 e. The molecular formula is C19H21N3O2S. The average Bonchev–Trinajstić information content (AvgIpc) is 2.88. The first-order valence-electron chi connectivity index (χ1n) is 8.05. The van der Waals surface area contributed by atoms with Crippen LogP contribution in [0.1, 0.15) is 30.8 Å². The molecule has 0 aliphatic carbocycles. The average molecular weight is 355 g/mol. The number of hydrogen-bond acceptors (Lipinski definition) is 4. The highest BCUT2D eigenvalue weighted by atomic mass is 32.2. The second-order valence-corrected chi connectivity index (χ2v) is 8.32. The van der Waals surface area contributed by atoms with E-state index in [-0.39, 0.29) is 0 Å². The molecule has 0 spiro atoms. The molecule has 0 radical (unpaired) electrons. The number of carboxylic acids is 1. The number of hydrogen-bond donors (Lipinski definition) is 1. The predicted molar refractivity (Wildman–Crippen MR) is 101 cm³/mol. The molecule has 0 bridgehead atoms. The summed E-state index contributed by atoms with van der Waals surface area (Å²) in [7, 11) is 0. The van der Waals surface area contributed by atoms with Crippen molar-refractivity contribution in [2.45, 2.75) is 44.5 Å². The molecule has 0 unspecified atom stereocenters. The molecule has 2 aromatic carbocycles. The number of rotatable bonds is 4. The zero-order valence-electron chi connectivity index (χ0n) is 15.0. The molecule has 1 N–H and O–H groups in total. The molecule has 0 fully saturated rings. The standard InChI is InChI=1S/C19H21N3O2S/c1-11-6-8-14-12(2)7-9-16(15(14)10-11)22-13(3)20-21-18(22)25-19(4,5)17(23)24/h6-10H,1-5H3,(H,23,24). The van der Waals surface area contributed by atoms with Crippen molar-refractivity contribution in [3.8, 4) is 5.69 Å². The maximum absolute atomic E-state index is 11.5. The van der Waals surface area contributed by atoms with Crippen LogP contribution in [-0.2, 0) is 4.79 Å². The summed E-state index contributed by atoms with van der Waals surface area (Å²) in [4.78, 5) is 11.5. The summed E-state index contributed by atoms with van der Waals surface area (Å²) in [5, 5.41) is 20.7. The van der Waals surface area contributed by atoms with E-state index in [2.05, 4.69) is 48.3 Å². The van der Waals surface area contributed by atoms with Crippen molar-refractivity contribution in [2.24, 2.45) is 0 Å². The zero-order valence-corrected chi connectivity index (χ0v) is 15.8. The van der Waals surface area contributed by atoms with Crippen molar-refractivity contribution in [3.05, 3.63) is 47.3 Å². The Labute approximate surface area is 151 Å². The Kier molecular flexibility index (Phi) is 4.33. The summed E-state index contributed by atoms with van der Waals surface area (Å²) in [5.41, 5.74) is 3.34. The number of nitrogens with zero attached hydrogens (tertiary/aromatic N) is 3. The minimum absolute atomic E-state index is 0.580. The lowest BCUT2D eigenvalue weighted by atomic mass is 10.0. The molecule has 5 nitrogen and oxygen atoms in total. The Morgan fingerprint density at radius 1 is 1.08 bits per heavy atom. The minimum atomic E-state index is -0.992. The molecule has 0 aliphatic rings. The van der Waals surface area contributed by atoms with E-state index in [9.17, 15) is 9.90 Å². The SMILES string of the molecule is Cc1ccc2c(C)ccc(-n3c(C)nnc3SC(C)(C)C(=O)O)c2c1. The summed E-state index contributed by atoms with van der Waals surface area (Å²) in [6.07, 6.45) is 0. The predicted octanol–water partition coefficient (Wildman–Crippen LogP) is 4.30. The topological polar surface area (TPSA) is 68.0 Å². The first-order chi connectivity index (χ1) is 11.7. The van der Waals surface area contributed by atoms with Crippen LogP contribution in [0.5, 0.6) is 0 Å². The Hall–Kier alpha value is -2.34. The quantitative estimate of drug-likeness (QED) is 0.707. The van der Waals surface area contributed by atoms with Crippen molar-refractivity contribution < 1.29 is 9.90 Å². The number of carboxylic acid groups (broad SMARTS) is 1. The van der Waals surface area contributed by atoms with Gasteiger partial charge < -0.3 is 5.11 Å². The fourth-order valence-corrected chi connectivity index (χ4v) is 3.70. The van der Waals surface area contributed by atoms with Gasteiger partial charge in [0.25, 0.3) is 0 Å². The first-order valence-corrected chi connectivity index (χ1v) is 8.87. The zero-order chi connectivity index (χ0) is 18.4. The van der Waals surface area contributed by atoms with E-state index < -0.39 is 10.7 Å². The van der Waals surface area contributed by atoms with Crippen molar-refractivity contribution in [1.29, 1.82) is 0 Å². The van der Waals surface area contributed by atoms with Gasteiger partial charge in [-0.15, -0.1) is 10.2 Å². The molecule has 25 heavy (non-hydrogen) atoms. The molecule has 130 valence electrons. The fraction of sp³-hybridized carbons (Fsp3) is 0.316. The highest BCUT2D eigenvalue weighted by Gasteiger charge is 2.31. The van der Waals surface area contributed by atoms with Crippen LogP contribution in [0.15, 0.2) is 35.5 Å². The lowest BCUT2D eigenvalue weighted by Crippen LogP contribution is -2.27. The van der Waals surface area contributed by atoms with Gasteiger partial charge in [-0.2, -0.15) is 0 Å². The Balaban J connectivity index is 2.23. The maximum atomic E-state index is 11.5. The van der Waals surface area contributed by atoms with E-state index in [4.69, 9.17) is 0 Å². The summed E-state index contributed by atoms with van der Waals surface area (Å²) in [6.45, 7) is 9.38. The Morgan fingerprint density at radius 3 is 2.48 bits per heavy atom. The van der Waals surface area contributed by atoms with Gasteiger partial charge in [-0.25, -0.2) is 0 Å². The summed E-state index contributed by atoms with van der Waals surface area (Å²) < 4.78 is 0.949. The molecule has 6 heteroatoms. The molecule has 0 amide bonds. The smallest absolute Gasteiger partial charge is 0.319 e. The normalized spacial score (nSPS) is 11.9. The second kappa shape index (κ2) is 6.19. The van der Waals surface area contributed by atoms with Crippen LogP contribution >= 0.6 is 11.8 Å². The number of carbonyl (C=O) groups is 1. The van der Waals surface area contributed by atoms with E-state index in [1.807, 2.05) is 17.6 Å². The molecule has 0 saturated heterocycles. The molecule has 3 rings (SSSR count). The summed E-state index contributed by atoms with van der Waals surface area (Å²) >= 11 is 1.20. The summed E-state index contributed by atoms with van der Waals surface area (Å²) in [6, 6.07) is 10.5. The monoisotopic (exact) mass is 355 g/mol. The second-order valence-electron chi connectivity index (χ2n) is 6.73. The molecule has 1 heterocycles. The van der Waals surface area contributed by atoms with Gasteiger partial charge in [0.15, 0.2) is 5.16 Å². The highest BCUT2D eigenvalue weighted by Crippen LogP contribution is 2.35. The van der Waals surface area contributed by atoms with Crippen LogP contribution in [-0.4, -0.2) is 30.6 Å². The van der Waals surface area contributed by atoms with Gasteiger partial charge in [0.1, 0.15) is 10.6 Å². The van der Waals surface area contributed by atoms with Gasteiger partial charge in [-0.1, -0.05) is 35.5 Å². The van der Waals surface area contributed by atoms with Crippen molar-refractivity contribution in [2.75, 3.05) is 0 Å². The Bertz CT molecular complexity index is 976. The van der Waals surface area contributed by atoms with Crippen molar-refractivity contribution >= 4 is 28.5 Å². The van der Waals surface area contributed by atoms with Crippen molar-refractivity contribution in [3.63, 3.8) is 0 Å². The fourth-order valence-electron chi connectivity index (χ4n) is 2.75.